The van der Waals surface area contributed by atoms with Crippen LogP contribution in [0.3, 0.4) is 0 Å². The number of H-pyrrole nitrogens is 1. The number of para-hydroxylation sites is 1. The van der Waals surface area contributed by atoms with Crippen LogP contribution in [0.25, 0.3) is 11.0 Å². The molecule has 0 radical (unpaired) electrons. The first-order chi connectivity index (χ1) is 13.9. The van der Waals surface area contributed by atoms with Gasteiger partial charge in [-0.2, -0.15) is 0 Å². The molecule has 1 aromatic heterocycles. The number of aromatic amines is 1. The zero-order chi connectivity index (χ0) is 20.5. The third-order valence-corrected chi connectivity index (χ3v) is 4.82. The number of carbonyl (C=O) groups excluding carboxylic acids is 2. The number of aromatic carboxylic acids is 1. The summed E-state index contributed by atoms with van der Waals surface area (Å²) in [7, 11) is 0. The summed E-state index contributed by atoms with van der Waals surface area (Å²) in [5, 5.41) is 11.6. The van der Waals surface area contributed by atoms with Crippen LogP contribution in [0.4, 0.5) is 10.1 Å². The zero-order valence-corrected chi connectivity index (χ0v) is 15.2. The highest BCUT2D eigenvalue weighted by Crippen LogP contribution is 2.21. The van der Waals surface area contributed by atoms with E-state index in [0.717, 1.165) is 18.9 Å². The smallest absolute Gasteiger partial charge is 0.337 e. The number of carbonyl (C=O) groups is 3. The van der Waals surface area contributed by atoms with Crippen molar-refractivity contribution in [1.29, 1.82) is 0 Å². The molecule has 1 aliphatic rings. The number of benzene rings is 2. The maximum atomic E-state index is 14.5. The van der Waals surface area contributed by atoms with Crippen molar-refractivity contribution >= 4 is 34.5 Å². The fourth-order valence-electron chi connectivity index (χ4n) is 3.35. The minimum absolute atomic E-state index is 0.0474. The van der Waals surface area contributed by atoms with Crippen LogP contribution in [0.5, 0.6) is 0 Å². The summed E-state index contributed by atoms with van der Waals surface area (Å²) < 4.78 is 14.5. The number of nitrogens with zero attached hydrogens (tertiary/aromatic N) is 2. The summed E-state index contributed by atoms with van der Waals surface area (Å²) in [5.41, 5.74) is 0.581. The van der Waals surface area contributed by atoms with Crippen molar-refractivity contribution in [1.82, 2.24) is 14.9 Å². The van der Waals surface area contributed by atoms with Gasteiger partial charge in [-0.15, -0.1) is 0 Å². The van der Waals surface area contributed by atoms with Crippen molar-refractivity contribution in [3.63, 3.8) is 0 Å². The molecule has 2 amide bonds. The lowest BCUT2D eigenvalue weighted by molar-refractivity contribution is 0.0697. The summed E-state index contributed by atoms with van der Waals surface area (Å²) >= 11 is 0. The number of halogens is 1. The van der Waals surface area contributed by atoms with Crippen LogP contribution >= 0.6 is 0 Å². The van der Waals surface area contributed by atoms with Gasteiger partial charge in [-0.3, -0.25) is 9.59 Å². The molecule has 9 heteroatoms. The Labute approximate surface area is 164 Å². The van der Waals surface area contributed by atoms with Gasteiger partial charge in [0.1, 0.15) is 11.3 Å². The van der Waals surface area contributed by atoms with E-state index in [-0.39, 0.29) is 34.1 Å². The quantitative estimate of drug-likeness (QED) is 0.627. The van der Waals surface area contributed by atoms with Crippen LogP contribution in [0, 0.1) is 5.82 Å². The molecule has 1 fully saturated rings. The van der Waals surface area contributed by atoms with Gasteiger partial charge in [-0.25, -0.2) is 14.2 Å². The van der Waals surface area contributed by atoms with Gasteiger partial charge in [0.25, 0.3) is 11.8 Å². The number of carboxylic acid groups (broad SMARTS) is 1. The number of carboxylic acids is 1. The summed E-state index contributed by atoms with van der Waals surface area (Å²) in [6.45, 7) is 1.31. The predicted molar refractivity (Wildman–Crippen MR) is 103 cm³/mol. The first-order valence-corrected chi connectivity index (χ1v) is 9.06. The number of aromatic nitrogens is 2. The predicted octanol–water partition coefficient (Wildman–Crippen LogP) is 2.89. The van der Waals surface area contributed by atoms with E-state index in [1.54, 1.807) is 11.0 Å². The lowest BCUT2D eigenvalue weighted by atomic mass is 10.1. The van der Waals surface area contributed by atoms with E-state index >= 15 is 0 Å². The maximum absolute atomic E-state index is 14.5. The van der Waals surface area contributed by atoms with E-state index in [9.17, 15) is 23.9 Å². The summed E-state index contributed by atoms with van der Waals surface area (Å²) in [6.07, 6.45) is 1.87. The molecule has 1 saturated heterocycles. The van der Waals surface area contributed by atoms with E-state index in [1.807, 2.05) is 0 Å². The van der Waals surface area contributed by atoms with Crippen LogP contribution in [0.15, 0.2) is 36.4 Å². The molecule has 0 aliphatic carbocycles. The first kappa shape index (κ1) is 18.6. The highest BCUT2D eigenvalue weighted by molar-refractivity contribution is 6.06. The van der Waals surface area contributed by atoms with Crippen molar-refractivity contribution in [3.8, 4) is 0 Å². The van der Waals surface area contributed by atoms with Crippen LogP contribution < -0.4 is 5.32 Å². The van der Waals surface area contributed by atoms with Crippen molar-refractivity contribution in [2.45, 2.75) is 12.8 Å². The van der Waals surface area contributed by atoms with Crippen LogP contribution in [0.2, 0.25) is 0 Å². The first-order valence-electron chi connectivity index (χ1n) is 9.06. The number of hydrogen-bond acceptors (Lipinski definition) is 4. The molecule has 1 aliphatic heterocycles. The molecular weight excluding hydrogens is 379 g/mol. The SMILES string of the molecule is O=C(Nc1ccc(C(=O)N2CCCC2)cc1F)c1nc2c(C(=O)O)cccc2[nH]1. The number of imidazole rings is 1. The average molecular weight is 396 g/mol. The molecule has 3 N–H and O–H groups in total. The largest absolute Gasteiger partial charge is 0.478 e. The number of anilines is 1. The molecule has 0 saturated carbocycles. The molecule has 0 bridgehead atoms. The second-order valence-corrected chi connectivity index (χ2v) is 6.74. The molecule has 29 heavy (non-hydrogen) atoms. The molecule has 0 unspecified atom stereocenters. The van der Waals surface area contributed by atoms with Gasteiger partial charge in [0, 0.05) is 18.7 Å². The van der Waals surface area contributed by atoms with E-state index < -0.39 is 17.7 Å². The lowest BCUT2D eigenvalue weighted by Crippen LogP contribution is -2.27. The number of hydrogen-bond donors (Lipinski definition) is 3. The van der Waals surface area contributed by atoms with Crippen molar-refractivity contribution in [2.24, 2.45) is 0 Å². The minimum Gasteiger partial charge on any atom is -0.478 e. The summed E-state index contributed by atoms with van der Waals surface area (Å²) in [4.78, 5) is 44.5. The van der Waals surface area contributed by atoms with E-state index in [4.69, 9.17) is 0 Å². The second kappa shape index (κ2) is 7.34. The fraction of sp³-hybridized carbons (Fsp3) is 0.200. The zero-order valence-electron chi connectivity index (χ0n) is 15.2. The van der Waals surface area contributed by atoms with Gasteiger partial charge in [-0.05, 0) is 43.2 Å². The van der Waals surface area contributed by atoms with Gasteiger partial charge < -0.3 is 20.3 Å². The second-order valence-electron chi connectivity index (χ2n) is 6.74. The Morgan fingerprint density at radius 1 is 1.14 bits per heavy atom. The van der Waals surface area contributed by atoms with Crippen molar-refractivity contribution in [3.05, 3.63) is 59.2 Å². The Morgan fingerprint density at radius 3 is 2.59 bits per heavy atom. The third kappa shape index (κ3) is 3.54. The molecule has 4 rings (SSSR count). The number of amides is 2. The molecule has 3 aromatic rings. The standard InChI is InChI=1S/C20H17FN4O4/c21-13-10-11(19(27)25-8-1-2-9-25)6-7-14(13)23-18(26)17-22-15-5-3-4-12(20(28)29)16(15)24-17/h3-7,10H,1-2,8-9H2,(H,22,24)(H,23,26)(H,28,29). The maximum Gasteiger partial charge on any atom is 0.337 e. The van der Waals surface area contributed by atoms with Crippen molar-refractivity contribution in [2.75, 3.05) is 18.4 Å². The summed E-state index contributed by atoms with van der Waals surface area (Å²) in [5.74, 6) is -3.03. The normalized spacial score (nSPS) is 13.6. The van der Waals surface area contributed by atoms with Gasteiger partial charge in [0.05, 0.1) is 16.8 Å². The van der Waals surface area contributed by atoms with Gasteiger partial charge in [-0.1, -0.05) is 6.07 Å². The van der Waals surface area contributed by atoms with E-state index in [1.165, 1.54) is 24.3 Å². The molecule has 0 atom stereocenters. The highest BCUT2D eigenvalue weighted by Gasteiger charge is 2.21. The van der Waals surface area contributed by atoms with Crippen molar-refractivity contribution < 1.29 is 23.9 Å². The molecule has 148 valence electrons. The number of fused-ring (bicyclic) bond motifs is 1. The fourth-order valence-corrected chi connectivity index (χ4v) is 3.35. The van der Waals surface area contributed by atoms with Gasteiger partial charge >= 0.3 is 5.97 Å². The van der Waals surface area contributed by atoms with Crippen LogP contribution in [-0.4, -0.2) is 50.8 Å². The lowest BCUT2D eigenvalue weighted by Gasteiger charge is -2.15. The Bertz CT molecular complexity index is 1130. The van der Waals surface area contributed by atoms with E-state index in [0.29, 0.717) is 18.6 Å². The number of nitrogens with one attached hydrogen (secondary N) is 2. The molecule has 2 heterocycles. The average Bonchev–Trinajstić information content (AvgIpc) is 3.38. The Kier molecular flexibility index (Phi) is 4.71. The molecular formula is C20H17FN4O4. The molecule has 8 nitrogen and oxygen atoms in total. The Hall–Kier alpha value is -3.75. The topological polar surface area (TPSA) is 115 Å². The monoisotopic (exact) mass is 396 g/mol. The minimum atomic E-state index is -1.17. The molecule has 0 spiro atoms. The third-order valence-electron chi connectivity index (χ3n) is 4.82. The highest BCUT2D eigenvalue weighted by atomic mass is 19.1. The Morgan fingerprint density at radius 2 is 1.90 bits per heavy atom. The van der Waals surface area contributed by atoms with E-state index in [2.05, 4.69) is 15.3 Å². The van der Waals surface area contributed by atoms with Gasteiger partial charge in [0.2, 0.25) is 0 Å². The summed E-state index contributed by atoms with van der Waals surface area (Å²) in [6, 6.07) is 8.37. The molecule has 2 aromatic carbocycles. The Balaban J connectivity index is 1.55. The van der Waals surface area contributed by atoms with Crippen LogP contribution in [-0.2, 0) is 0 Å². The number of rotatable bonds is 4. The van der Waals surface area contributed by atoms with Gasteiger partial charge in [0.15, 0.2) is 5.82 Å². The van der Waals surface area contributed by atoms with Crippen LogP contribution in [0.1, 0.15) is 44.2 Å². The number of likely N-dealkylation sites (tertiary alicyclic amines) is 1.